The van der Waals surface area contributed by atoms with Gasteiger partial charge in [0.1, 0.15) is 6.10 Å². The van der Waals surface area contributed by atoms with Crippen molar-refractivity contribution in [3.63, 3.8) is 0 Å². The molecule has 1 aliphatic carbocycles. The molecular formula is C14H28N2O2. The molecule has 4 atom stereocenters. The maximum atomic E-state index is 11.9. The van der Waals surface area contributed by atoms with Gasteiger partial charge in [0.25, 0.3) is 0 Å². The number of hydrogen-bond donors (Lipinski definition) is 2. The van der Waals surface area contributed by atoms with E-state index in [4.69, 9.17) is 10.5 Å². The molecule has 1 aliphatic rings. The lowest BCUT2D eigenvalue weighted by molar-refractivity contribution is -0.137. The van der Waals surface area contributed by atoms with Gasteiger partial charge in [-0.05, 0) is 33.1 Å². The highest BCUT2D eigenvalue weighted by Gasteiger charge is 2.26. The van der Waals surface area contributed by atoms with E-state index < -0.39 is 6.10 Å². The minimum atomic E-state index is -0.404. The third-order valence-electron chi connectivity index (χ3n) is 3.61. The van der Waals surface area contributed by atoms with Gasteiger partial charge in [-0.3, -0.25) is 4.79 Å². The third-order valence-corrected chi connectivity index (χ3v) is 3.61. The Labute approximate surface area is 111 Å². The highest BCUT2D eigenvalue weighted by Crippen LogP contribution is 2.20. The normalized spacial score (nSPS) is 27.6. The lowest BCUT2D eigenvalue weighted by Gasteiger charge is -2.31. The van der Waals surface area contributed by atoms with Gasteiger partial charge in [0.15, 0.2) is 0 Å². The monoisotopic (exact) mass is 256 g/mol. The van der Waals surface area contributed by atoms with Crippen LogP contribution in [0.5, 0.6) is 0 Å². The maximum Gasteiger partial charge on any atom is 0.249 e. The highest BCUT2D eigenvalue weighted by atomic mass is 16.5. The molecule has 1 rings (SSSR count). The van der Waals surface area contributed by atoms with Crippen LogP contribution in [0.4, 0.5) is 0 Å². The zero-order valence-corrected chi connectivity index (χ0v) is 11.9. The smallest absolute Gasteiger partial charge is 0.249 e. The zero-order chi connectivity index (χ0) is 13.5. The summed E-state index contributed by atoms with van der Waals surface area (Å²) in [5.74, 6) is -0.0197. The SMILES string of the molecule is CCCC(C)NC(=O)C(C)OC1CCCCC1N. The average molecular weight is 256 g/mol. The van der Waals surface area contributed by atoms with E-state index >= 15 is 0 Å². The zero-order valence-electron chi connectivity index (χ0n) is 11.9. The fourth-order valence-electron chi connectivity index (χ4n) is 2.48. The number of amides is 1. The number of carbonyl (C=O) groups excluding carboxylic acids is 1. The van der Waals surface area contributed by atoms with Gasteiger partial charge < -0.3 is 15.8 Å². The molecule has 0 aromatic rings. The lowest BCUT2D eigenvalue weighted by atomic mass is 9.93. The van der Waals surface area contributed by atoms with E-state index in [-0.39, 0.29) is 24.1 Å². The van der Waals surface area contributed by atoms with Crippen LogP contribution in [-0.2, 0) is 9.53 Å². The van der Waals surface area contributed by atoms with Crippen molar-refractivity contribution in [3.05, 3.63) is 0 Å². The first-order valence-corrected chi connectivity index (χ1v) is 7.26. The Kier molecular flexibility index (Phi) is 6.65. The Balaban J connectivity index is 2.34. The van der Waals surface area contributed by atoms with Crippen LogP contribution in [0.25, 0.3) is 0 Å². The molecule has 3 N–H and O–H groups in total. The summed E-state index contributed by atoms with van der Waals surface area (Å²) < 4.78 is 5.81. The fraction of sp³-hybridized carbons (Fsp3) is 0.929. The van der Waals surface area contributed by atoms with E-state index in [0.717, 1.165) is 32.1 Å². The molecule has 4 nitrogen and oxygen atoms in total. The van der Waals surface area contributed by atoms with Gasteiger partial charge in [-0.2, -0.15) is 0 Å². The first kappa shape index (κ1) is 15.4. The van der Waals surface area contributed by atoms with E-state index in [2.05, 4.69) is 12.2 Å². The van der Waals surface area contributed by atoms with Crippen LogP contribution in [0, 0.1) is 0 Å². The first-order chi connectivity index (χ1) is 8.54. The van der Waals surface area contributed by atoms with Crippen molar-refractivity contribution < 1.29 is 9.53 Å². The maximum absolute atomic E-state index is 11.9. The molecule has 0 aliphatic heterocycles. The van der Waals surface area contributed by atoms with Crippen LogP contribution >= 0.6 is 0 Å². The van der Waals surface area contributed by atoms with Gasteiger partial charge >= 0.3 is 0 Å². The Morgan fingerprint density at radius 1 is 1.39 bits per heavy atom. The van der Waals surface area contributed by atoms with Gasteiger partial charge in [-0.25, -0.2) is 0 Å². The van der Waals surface area contributed by atoms with Gasteiger partial charge in [0.2, 0.25) is 5.91 Å². The van der Waals surface area contributed by atoms with E-state index in [1.54, 1.807) is 0 Å². The Morgan fingerprint density at radius 2 is 2.06 bits per heavy atom. The van der Waals surface area contributed by atoms with Crippen LogP contribution < -0.4 is 11.1 Å². The minimum Gasteiger partial charge on any atom is -0.364 e. The van der Waals surface area contributed by atoms with Gasteiger partial charge in [-0.15, -0.1) is 0 Å². The molecule has 1 saturated carbocycles. The molecule has 0 aromatic heterocycles. The molecule has 4 unspecified atom stereocenters. The van der Waals surface area contributed by atoms with E-state index in [0.29, 0.717) is 0 Å². The molecule has 4 heteroatoms. The largest absolute Gasteiger partial charge is 0.364 e. The summed E-state index contributed by atoms with van der Waals surface area (Å²) in [6.45, 7) is 5.96. The molecule has 0 bridgehead atoms. The van der Waals surface area contributed by atoms with Crippen LogP contribution in [0.3, 0.4) is 0 Å². The van der Waals surface area contributed by atoms with Crippen molar-refractivity contribution in [3.8, 4) is 0 Å². The van der Waals surface area contributed by atoms with Gasteiger partial charge in [0.05, 0.1) is 6.10 Å². The highest BCUT2D eigenvalue weighted by molar-refractivity contribution is 5.80. The van der Waals surface area contributed by atoms with Crippen molar-refractivity contribution >= 4 is 5.91 Å². The predicted octanol–water partition coefficient (Wildman–Crippen LogP) is 1.97. The number of nitrogens with one attached hydrogen (secondary N) is 1. The van der Waals surface area contributed by atoms with E-state index in [1.165, 1.54) is 6.42 Å². The number of hydrogen-bond acceptors (Lipinski definition) is 3. The number of carbonyl (C=O) groups is 1. The molecule has 0 spiro atoms. The molecule has 0 radical (unpaired) electrons. The second kappa shape index (κ2) is 7.74. The van der Waals surface area contributed by atoms with Crippen molar-refractivity contribution in [2.75, 3.05) is 0 Å². The topological polar surface area (TPSA) is 64.3 Å². The number of rotatable bonds is 6. The third kappa shape index (κ3) is 4.94. The fourth-order valence-corrected chi connectivity index (χ4v) is 2.48. The molecule has 0 saturated heterocycles. The summed E-state index contributed by atoms with van der Waals surface area (Å²) in [5, 5.41) is 2.98. The Bertz CT molecular complexity index is 258. The van der Waals surface area contributed by atoms with Gasteiger partial charge in [-0.1, -0.05) is 26.2 Å². The molecule has 18 heavy (non-hydrogen) atoms. The average Bonchev–Trinajstić information content (AvgIpc) is 2.32. The van der Waals surface area contributed by atoms with E-state index in [9.17, 15) is 4.79 Å². The van der Waals surface area contributed by atoms with Crippen LogP contribution in [0.15, 0.2) is 0 Å². The van der Waals surface area contributed by atoms with Crippen molar-refractivity contribution in [1.29, 1.82) is 0 Å². The van der Waals surface area contributed by atoms with Crippen molar-refractivity contribution in [2.45, 2.75) is 83.6 Å². The van der Waals surface area contributed by atoms with Crippen LogP contribution in [-0.4, -0.2) is 30.2 Å². The van der Waals surface area contributed by atoms with Crippen molar-refractivity contribution in [1.82, 2.24) is 5.32 Å². The second-order valence-electron chi connectivity index (χ2n) is 5.46. The van der Waals surface area contributed by atoms with Crippen molar-refractivity contribution in [2.24, 2.45) is 5.73 Å². The number of ether oxygens (including phenoxy) is 1. The van der Waals surface area contributed by atoms with E-state index in [1.807, 2.05) is 13.8 Å². The number of nitrogens with two attached hydrogens (primary N) is 1. The quantitative estimate of drug-likeness (QED) is 0.763. The minimum absolute atomic E-state index is 0.0197. The molecule has 1 amide bonds. The summed E-state index contributed by atoms with van der Waals surface area (Å²) in [7, 11) is 0. The standard InChI is InChI=1S/C14H28N2O2/c1-4-7-10(2)16-14(17)11(3)18-13-9-6-5-8-12(13)15/h10-13H,4-9,15H2,1-3H3,(H,16,17). The summed E-state index contributed by atoms with van der Waals surface area (Å²) in [5.41, 5.74) is 6.02. The lowest BCUT2D eigenvalue weighted by Crippen LogP contribution is -2.46. The molecule has 0 heterocycles. The Morgan fingerprint density at radius 3 is 2.67 bits per heavy atom. The summed E-state index contributed by atoms with van der Waals surface area (Å²) >= 11 is 0. The van der Waals surface area contributed by atoms with Crippen LogP contribution in [0.1, 0.15) is 59.3 Å². The second-order valence-corrected chi connectivity index (χ2v) is 5.46. The molecular weight excluding hydrogens is 228 g/mol. The molecule has 1 fully saturated rings. The Hall–Kier alpha value is -0.610. The molecule has 0 aromatic carbocycles. The van der Waals surface area contributed by atoms with Gasteiger partial charge in [0, 0.05) is 12.1 Å². The predicted molar refractivity (Wildman–Crippen MR) is 73.3 cm³/mol. The summed E-state index contributed by atoms with van der Waals surface area (Å²) in [6, 6.07) is 0.302. The first-order valence-electron chi connectivity index (χ1n) is 7.26. The summed E-state index contributed by atoms with van der Waals surface area (Å²) in [4.78, 5) is 11.9. The van der Waals surface area contributed by atoms with Crippen LogP contribution in [0.2, 0.25) is 0 Å². The summed E-state index contributed by atoms with van der Waals surface area (Å²) in [6.07, 6.45) is 6.02. The molecule has 106 valence electrons.